The van der Waals surface area contributed by atoms with Crippen LogP contribution < -0.4 is 0 Å². The summed E-state index contributed by atoms with van der Waals surface area (Å²) in [5, 5.41) is 0.714. The summed E-state index contributed by atoms with van der Waals surface area (Å²) in [6.45, 7) is 3.25. The van der Waals surface area contributed by atoms with Gasteiger partial charge in [-0.3, -0.25) is 4.18 Å². The van der Waals surface area contributed by atoms with E-state index < -0.39 is 14.9 Å². The van der Waals surface area contributed by atoms with Gasteiger partial charge in [-0.2, -0.15) is 8.42 Å². The highest BCUT2D eigenvalue weighted by Gasteiger charge is 2.36. The molecule has 6 heteroatoms. The summed E-state index contributed by atoms with van der Waals surface area (Å²) in [5.41, 5.74) is 1.76. The van der Waals surface area contributed by atoms with Crippen LogP contribution in [0.2, 0.25) is 0 Å². The van der Waals surface area contributed by atoms with E-state index in [0.717, 1.165) is 10.0 Å². The molecule has 0 saturated carbocycles. The van der Waals surface area contributed by atoms with Gasteiger partial charge in [0.1, 0.15) is 4.75 Å². The molecule has 0 saturated heterocycles. The second-order valence-corrected chi connectivity index (χ2v) is 7.75. The number of benzene rings is 1. The van der Waals surface area contributed by atoms with E-state index >= 15 is 0 Å². The van der Waals surface area contributed by atoms with Crippen LogP contribution in [0, 0.1) is 0 Å². The van der Waals surface area contributed by atoms with Gasteiger partial charge in [0.05, 0.1) is 7.11 Å². The summed E-state index contributed by atoms with van der Waals surface area (Å²) < 4.78 is 28.1. The molecule has 0 heterocycles. The predicted octanol–water partition coefficient (Wildman–Crippen LogP) is 3.56. The number of hydrogen-bond donors (Lipinski definition) is 0. The maximum absolute atomic E-state index is 11.8. The summed E-state index contributed by atoms with van der Waals surface area (Å²) >= 11 is 6.79. The lowest BCUT2D eigenvalue weighted by atomic mass is 10.0. The van der Waals surface area contributed by atoms with Crippen LogP contribution in [0.1, 0.15) is 25.0 Å². The van der Waals surface area contributed by atoms with Crippen LogP contribution in [0.3, 0.4) is 0 Å². The van der Waals surface area contributed by atoms with Crippen molar-refractivity contribution < 1.29 is 12.6 Å². The molecule has 0 aromatic heterocycles. The second kappa shape index (κ2) is 5.38. The lowest BCUT2D eigenvalue weighted by Crippen LogP contribution is -2.30. The molecule has 1 aromatic rings. The van der Waals surface area contributed by atoms with Crippen molar-refractivity contribution in [1.82, 2.24) is 0 Å². The lowest BCUT2D eigenvalue weighted by Gasteiger charge is -2.24. The van der Waals surface area contributed by atoms with Gasteiger partial charge in [0, 0.05) is 9.80 Å². The first kappa shape index (κ1) is 15.1. The zero-order valence-corrected chi connectivity index (χ0v) is 13.8. The number of halogens is 2. The third-order valence-electron chi connectivity index (χ3n) is 2.74. The zero-order chi connectivity index (χ0) is 13.3. The van der Waals surface area contributed by atoms with Crippen molar-refractivity contribution in [1.29, 1.82) is 0 Å². The Morgan fingerprint density at radius 3 is 2.35 bits per heavy atom. The summed E-state index contributed by atoms with van der Waals surface area (Å²) in [6.07, 6.45) is 0. The highest BCUT2D eigenvalue weighted by atomic mass is 79.9. The van der Waals surface area contributed by atoms with Gasteiger partial charge in [0.15, 0.2) is 0 Å². The Labute approximate surface area is 119 Å². The molecule has 3 nitrogen and oxygen atoms in total. The Morgan fingerprint density at radius 1 is 1.35 bits per heavy atom. The smallest absolute Gasteiger partial charge is 0.273 e. The Balaban J connectivity index is 3.30. The third kappa shape index (κ3) is 2.92. The molecule has 0 fully saturated rings. The van der Waals surface area contributed by atoms with Crippen molar-refractivity contribution in [2.75, 3.05) is 7.11 Å². The van der Waals surface area contributed by atoms with Crippen molar-refractivity contribution in [2.45, 2.75) is 23.9 Å². The van der Waals surface area contributed by atoms with Gasteiger partial charge in [-0.25, -0.2) is 0 Å². The van der Waals surface area contributed by atoms with Gasteiger partial charge < -0.3 is 0 Å². The van der Waals surface area contributed by atoms with Crippen molar-refractivity contribution in [2.24, 2.45) is 0 Å². The average Bonchev–Trinajstić information content (AvgIpc) is 2.28. The second-order valence-electron chi connectivity index (χ2n) is 4.07. The molecule has 0 aliphatic rings. The lowest BCUT2D eigenvalue weighted by molar-refractivity contribution is 0.372. The molecule has 1 aromatic carbocycles. The number of alkyl halides is 1. The van der Waals surface area contributed by atoms with E-state index in [2.05, 4.69) is 36.0 Å². The monoisotopic (exact) mass is 384 g/mol. The van der Waals surface area contributed by atoms with Gasteiger partial charge >= 0.3 is 0 Å². The van der Waals surface area contributed by atoms with E-state index in [0.29, 0.717) is 10.9 Å². The fourth-order valence-corrected chi connectivity index (χ4v) is 3.60. The van der Waals surface area contributed by atoms with E-state index in [1.807, 2.05) is 12.1 Å². The SMILES string of the molecule is COS(=O)(=O)C(C)(C)c1ccc(CBr)c(Br)c1. The van der Waals surface area contributed by atoms with Crippen molar-refractivity contribution >= 4 is 42.0 Å². The maximum Gasteiger partial charge on any atom is 0.276 e. The Morgan fingerprint density at radius 2 is 1.94 bits per heavy atom. The molecule has 0 amide bonds. The van der Waals surface area contributed by atoms with Crippen molar-refractivity contribution in [3.63, 3.8) is 0 Å². The van der Waals surface area contributed by atoms with Gasteiger partial charge in [0.25, 0.3) is 10.1 Å². The molecule has 0 unspecified atom stereocenters. The summed E-state index contributed by atoms with van der Waals surface area (Å²) in [6, 6.07) is 5.51. The molecule has 0 bridgehead atoms. The van der Waals surface area contributed by atoms with Crippen LogP contribution in [0.25, 0.3) is 0 Å². The minimum absolute atomic E-state index is 0.691. The third-order valence-corrected chi connectivity index (χ3v) is 6.00. The number of rotatable bonds is 4. The molecule has 1 rings (SSSR count). The molecule has 0 N–H and O–H groups in total. The summed E-state index contributed by atoms with van der Waals surface area (Å²) in [7, 11) is -2.44. The number of hydrogen-bond acceptors (Lipinski definition) is 3. The van der Waals surface area contributed by atoms with Crippen LogP contribution in [0.15, 0.2) is 22.7 Å². The first-order valence-corrected chi connectivity index (χ1v) is 8.23. The van der Waals surface area contributed by atoms with E-state index in [-0.39, 0.29) is 0 Å². The van der Waals surface area contributed by atoms with Crippen molar-refractivity contribution in [3.8, 4) is 0 Å². The van der Waals surface area contributed by atoms with E-state index in [1.165, 1.54) is 7.11 Å². The van der Waals surface area contributed by atoms with E-state index in [9.17, 15) is 8.42 Å². The fourth-order valence-electron chi connectivity index (χ4n) is 1.38. The van der Waals surface area contributed by atoms with Crippen LogP contribution in [0.4, 0.5) is 0 Å². The van der Waals surface area contributed by atoms with E-state index in [4.69, 9.17) is 0 Å². The van der Waals surface area contributed by atoms with Crippen LogP contribution in [0.5, 0.6) is 0 Å². The molecule has 17 heavy (non-hydrogen) atoms. The van der Waals surface area contributed by atoms with Gasteiger partial charge in [0.2, 0.25) is 0 Å². The average molecular weight is 386 g/mol. The predicted molar refractivity (Wildman–Crippen MR) is 75.7 cm³/mol. The molecule has 0 spiro atoms. The standard InChI is InChI=1S/C11H14Br2O3S/c1-11(2,17(14,15)16-3)9-5-4-8(7-12)10(13)6-9/h4-6H,7H2,1-3H3. The Kier molecular flexibility index (Phi) is 4.80. The first-order chi connectivity index (χ1) is 7.76. The van der Waals surface area contributed by atoms with Crippen LogP contribution in [-0.4, -0.2) is 15.5 Å². The zero-order valence-electron chi connectivity index (χ0n) is 9.83. The molecule has 0 radical (unpaired) electrons. The van der Waals surface area contributed by atoms with Crippen LogP contribution >= 0.6 is 31.9 Å². The topological polar surface area (TPSA) is 43.4 Å². The highest BCUT2D eigenvalue weighted by Crippen LogP contribution is 2.33. The quantitative estimate of drug-likeness (QED) is 0.587. The Bertz CT molecular complexity index is 509. The van der Waals surface area contributed by atoms with Gasteiger partial charge in [-0.1, -0.05) is 44.0 Å². The fraction of sp³-hybridized carbons (Fsp3) is 0.455. The normalized spacial score (nSPS) is 12.8. The highest BCUT2D eigenvalue weighted by molar-refractivity contribution is 9.10. The first-order valence-electron chi connectivity index (χ1n) is 4.91. The largest absolute Gasteiger partial charge is 0.276 e. The minimum Gasteiger partial charge on any atom is -0.273 e. The molecule has 96 valence electrons. The van der Waals surface area contributed by atoms with E-state index in [1.54, 1.807) is 19.9 Å². The molecular weight excluding hydrogens is 372 g/mol. The molecule has 0 aliphatic carbocycles. The molecule has 0 aliphatic heterocycles. The van der Waals surface area contributed by atoms with Crippen molar-refractivity contribution in [3.05, 3.63) is 33.8 Å². The molecular formula is C11H14Br2O3S. The Hall–Kier alpha value is 0.0900. The summed E-state index contributed by atoms with van der Waals surface area (Å²) in [4.78, 5) is 0. The minimum atomic E-state index is -3.62. The summed E-state index contributed by atoms with van der Waals surface area (Å²) in [5.74, 6) is 0. The van der Waals surface area contributed by atoms with Crippen LogP contribution in [-0.2, 0) is 24.4 Å². The van der Waals surface area contributed by atoms with Gasteiger partial charge in [-0.05, 0) is 31.0 Å². The maximum atomic E-state index is 11.8. The van der Waals surface area contributed by atoms with Gasteiger partial charge in [-0.15, -0.1) is 0 Å². The molecule has 0 atom stereocenters.